The number of hydrogen-bond donors (Lipinski definition) is 2. The zero-order valence-corrected chi connectivity index (χ0v) is 13.5. The van der Waals surface area contributed by atoms with Crippen LogP contribution < -0.4 is 10.6 Å². The number of nitrogens with one attached hydrogen (secondary N) is 2. The van der Waals surface area contributed by atoms with Crippen molar-refractivity contribution in [2.75, 3.05) is 7.11 Å². The first-order valence-corrected chi connectivity index (χ1v) is 7.20. The second-order valence-corrected chi connectivity index (χ2v) is 5.08. The van der Waals surface area contributed by atoms with Crippen LogP contribution in [0.25, 0.3) is 0 Å². The Kier molecular flexibility index (Phi) is 7.43. The van der Waals surface area contributed by atoms with Crippen LogP contribution in [0.4, 0.5) is 4.39 Å². The maximum atomic E-state index is 13.0. The molecule has 24 heavy (non-hydrogen) atoms. The molecule has 2 N–H and O–H groups in total. The summed E-state index contributed by atoms with van der Waals surface area (Å²) in [6.07, 6.45) is 5.27. The van der Waals surface area contributed by atoms with Gasteiger partial charge in [-0.3, -0.25) is 9.59 Å². The summed E-state index contributed by atoms with van der Waals surface area (Å²) in [5.41, 5.74) is 0.650. The van der Waals surface area contributed by atoms with Crippen molar-refractivity contribution in [3.8, 4) is 12.3 Å². The molecule has 0 saturated carbocycles. The normalized spacial score (nSPS) is 12.4. The molecule has 0 aliphatic heterocycles. The van der Waals surface area contributed by atoms with Gasteiger partial charge in [0.15, 0.2) is 0 Å². The highest BCUT2D eigenvalue weighted by molar-refractivity contribution is 5.90. The van der Waals surface area contributed by atoms with Gasteiger partial charge in [0.25, 0.3) is 0 Å². The Morgan fingerprint density at radius 2 is 1.83 bits per heavy atom. The van der Waals surface area contributed by atoms with Crippen LogP contribution in [0.3, 0.4) is 0 Å². The number of carbonyl (C=O) groups excluding carboxylic acids is 3. The minimum absolute atomic E-state index is 0.0399. The van der Waals surface area contributed by atoms with Crippen LogP contribution in [-0.2, 0) is 25.5 Å². The van der Waals surface area contributed by atoms with Crippen LogP contribution in [-0.4, -0.2) is 37.0 Å². The number of methoxy groups -OCH3 is 1. The third kappa shape index (κ3) is 6.08. The number of terminal acetylenes is 1. The number of hydrogen-bond acceptors (Lipinski definition) is 4. The molecule has 0 aliphatic carbocycles. The molecule has 1 aromatic carbocycles. The maximum Gasteiger partial charge on any atom is 0.329 e. The third-order valence-electron chi connectivity index (χ3n) is 3.17. The van der Waals surface area contributed by atoms with Gasteiger partial charge in [0, 0.05) is 19.8 Å². The number of halogens is 1. The monoisotopic (exact) mass is 334 g/mol. The van der Waals surface area contributed by atoms with E-state index in [1.807, 2.05) is 0 Å². The van der Waals surface area contributed by atoms with Gasteiger partial charge in [-0.15, -0.1) is 12.3 Å². The molecule has 2 atom stereocenters. The molecule has 0 heterocycles. The topological polar surface area (TPSA) is 84.5 Å². The van der Waals surface area contributed by atoms with Gasteiger partial charge in [0.2, 0.25) is 11.8 Å². The molecule has 6 nitrogen and oxygen atoms in total. The third-order valence-corrected chi connectivity index (χ3v) is 3.17. The smallest absolute Gasteiger partial charge is 0.329 e. The summed E-state index contributed by atoms with van der Waals surface area (Å²) in [6, 6.07) is 3.60. The number of carbonyl (C=O) groups is 3. The van der Waals surface area contributed by atoms with Crippen molar-refractivity contribution in [3.63, 3.8) is 0 Å². The molecule has 128 valence electrons. The SMILES string of the molecule is C#CC[C@@H](NC(=O)[C@@H](Cc1ccc(F)cc1)NC(C)=O)C(=O)OC. The van der Waals surface area contributed by atoms with Crippen molar-refractivity contribution >= 4 is 17.8 Å². The van der Waals surface area contributed by atoms with E-state index in [-0.39, 0.29) is 12.8 Å². The van der Waals surface area contributed by atoms with Crippen LogP contribution in [0.1, 0.15) is 18.9 Å². The molecule has 0 aromatic heterocycles. The zero-order chi connectivity index (χ0) is 18.1. The fourth-order valence-electron chi connectivity index (χ4n) is 2.04. The maximum absolute atomic E-state index is 13.0. The molecule has 0 bridgehead atoms. The second-order valence-electron chi connectivity index (χ2n) is 5.08. The van der Waals surface area contributed by atoms with Crippen LogP contribution >= 0.6 is 0 Å². The summed E-state index contributed by atoms with van der Waals surface area (Å²) in [6.45, 7) is 1.27. The molecule has 1 rings (SSSR count). The molecule has 2 amide bonds. The summed E-state index contributed by atoms with van der Waals surface area (Å²) in [5, 5.41) is 4.96. The molecular formula is C17H19FN2O4. The lowest BCUT2D eigenvalue weighted by Gasteiger charge is -2.21. The van der Waals surface area contributed by atoms with Gasteiger partial charge in [-0.25, -0.2) is 9.18 Å². The number of amides is 2. The summed E-state index contributed by atoms with van der Waals surface area (Å²) in [5.74, 6) is 0.203. The highest BCUT2D eigenvalue weighted by Gasteiger charge is 2.26. The summed E-state index contributed by atoms with van der Waals surface area (Å²) >= 11 is 0. The van der Waals surface area contributed by atoms with E-state index in [0.29, 0.717) is 5.56 Å². The highest BCUT2D eigenvalue weighted by atomic mass is 19.1. The molecule has 0 fully saturated rings. The van der Waals surface area contributed by atoms with E-state index in [0.717, 1.165) is 0 Å². The van der Waals surface area contributed by atoms with Gasteiger partial charge in [0.1, 0.15) is 17.9 Å². The van der Waals surface area contributed by atoms with Gasteiger partial charge >= 0.3 is 5.97 Å². The predicted octanol–water partition coefficient (Wildman–Crippen LogP) is 0.554. The van der Waals surface area contributed by atoms with Crippen molar-refractivity contribution in [2.45, 2.75) is 31.8 Å². The fraction of sp³-hybridized carbons (Fsp3) is 0.353. The molecule has 0 spiro atoms. The van der Waals surface area contributed by atoms with E-state index in [1.165, 1.54) is 38.3 Å². The summed E-state index contributed by atoms with van der Waals surface area (Å²) in [4.78, 5) is 35.3. The van der Waals surface area contributed by atoms with E-state index in [9.17, 15) is 18.8 Å². The minimum Gasteiger partial charge on any atom is -0.467 e. The average Bonchev–Trinajstić information content (AvgIpc) is 2.54. The molecule has 0 unspecified atom stereocenters. The quantitative estimate of drug-likeness (QED) is 0.563. The Hall–Kier alpha value is -2.88. The molecule has 0 saturated heterocycles. The Labute approximate surface area is 139 Å². The number of esters is 1. The molecular weight excluding hydrogens is 315 g/mol. The predicted molar refractivity (Wildman–Crippen MR) is 85.1 cm³/mol. The van der Waals surface area contributed by atoms with Gasteiger partial charge in [-0.05, 0) is 17.7 Å². The van der Waals surface area contributed by atoms with Crippen LogP contribution in [0.15, 0.2) is 24.3 Å². The summed E-state index contributed by atoms with van der Waals surface area (Å²) in [7, 11) is 1.18. The van der Waals surface area contributed by atoms with Crippen molar-refractivity contribution in [3.05, 3.63) is 35.6 Å². The molecule has 1 aromatic rings. The first kappa shape index (κ1) is 19.2. The highest BCUT2D eigenvalue weighted by Crippen LogP contribution is 2.07. The number of rotatable bonds is 7. The number of ether oxygens (including phenoxy) is 1. The van der Waals surface area contributed by atoms with Gasteiger partial charge in [0.05, 0.1) is 7.11 Å². The number of benzene rings is 1. The largest absolute Gasteiger partial charge is 0.467 e. The minimum atomic E-state index is -1.00. The van der Waals surface area contributed by atoms with Crippen LogP contribution in [0.2, 0.25) is 0 Å². The van der Waals surface area contributed by atoms with Gasteiger partial charge in [-0.1, -0.05) is 12.1 Å². The lowest BCUT2D eigenvalue weighted by Crippen LogP contribution is -2.52. The van der Waals surface area contributed by atoms with E-state index >= 15 is 0 Å². The van der Waals surface area contributed by atoms with Crippen molar-refractivity contribution in [2.24, 2.45) is 0 Å². The van der Waals surface area contributed by atoms with E-state index in [1.54, 1.807) is 0 Å². The Morgan fingerprint density at radius 1 is 1.21 bits per heavy atom. The molecule has 0 radical (unpaired) electrons. The Morgan fingerprint density at radius 3 is 2.33 bits per heavy atom. The molecule has 0 aliphatic rings. The van der Waals surface area contributed by atoms with Gasteiger partial charge in [-0.2, -0.15) is 0 Å². The Balaban J connectivity index is 2.87. The summed E-state index contributed by atoms with van der Waals surface area (Å²) < 4.78 is 17.5. The average molecular weight is 334 g/mol. The van der Waals surface area contributed by atoms with Crippen LogP contribution in [0, 0.1) is 18.2 Å². The standard InChI is InChI=1S/C17H19FN2O4/c1-4-5-14(17(23)24-3)20-16(22)15(19-11(2)21)10-12-6-8-13(18)9-7-12/h1,6-9,14-15H,5,10H2,2-3H3,(H,19,21)(H,20,22)/t14-,15-/m1/s1. The van der Waals surface area contributed by atoms with Crippen molar-refractivity contribution in [1.29, 1.82) is 0 Å². The fourth-order valence-corrected chi connectivity index (χ4v) is 2.04. The van der Waals surface area contributed by atoms with E-state index in [2.05, 4.69) is 21.3 Å². The van der Waals surface area contributed by atoms with Gasteiger partial charge < -0.3 is 15.4 Å². The first-order chi connectivity index (χ1) is 11.4. The van der Waals surface area contributed by atoms with Crippen LogP contribution in [0.5, 0.6) is 0 Å². The van der Waals surface area contributed by atoms with E-state index in [4.69, 9.17) is 6.42 Å². The zero-order valence-electron chi connectivity index (χ0n) is 13.5. The van der Waals surface area contributed by atoms with E-state index < -0.39 is 35.7 Å². The lowest BCUT2D eigenvalue weighted by molar-refractivity contribution is -0.145. The Bertz CT molecular complexity index is 637. The molecule has 7 heteroatoms. The van der Waals surface area contributed by atoms with Crippen molar-refractivity contribution < 1.29 is 23.5 Å². The van der Waals surface area contributed by atoms with Crippen molar-refractivity contribution in [1.82, 2.24) is 10.6 Å². The lowest BCUT2D eigenvalue weighted by atomic mass is 10.0. The second kappa shape index (κ2) is 9.30. The first-order valence-electron chi connectivity index (χ1n) is 7.20.